The van der Waals surface area contributed by atoms with Crippen LogP contribution in [0.4, 0.5) is 30.2 Å². The van der Waals surface area contributed by atoms with Crippen LogP contribution in [-0.4, -0.2) is 60.1 Å². The molecule has 228 valence electrons. The summed E-state index contributed by atoms with van der Waals surface area (Å²) in [6.45, 7) is 7.35. The summed E-state index contributed by atoms with van der Waals surface area (Å²) in [5.41, 5.74) is 6.36. The Hall–Kier alpha value is -4.14. The van der Waals surface area contributed by atoms with Gasteiger partial charge in [-0.05, 0) is 43.8 Å². The van der Waals surface area contributed by atoms with Crippen LogP contribution < -0.4 is 26.4 Å². The third-order valence-electron chi connectivity index (χ3n) is 6.47. The molecule has 2 aromatic carbocycles. The van der Waals surface area contributed by atoms with Gasteiger partial charge in [0.1, 0.15) is 33.1 Å². The second kappa shape index (κ2) is 14.8. The highest BCUT2D eigenvalue weighted by atomic mass is 32.1. The Morgan fingerprint density at radius 3 is 2.63 bits per heavy atom. The number of unbranched alkanes of at least 4 members (excludes halogenated alkanes) is 1. The number of nitrogen functional groups attached to an aromatic ring is 1. The van der Waals surface area contributed by atoms with Gasteiger partial charge in [0.15, 0.2) is 5.13 Å². The van der Waals surface area contributed by atoms with Gasteiger partial charge in [-0.25, -0.2) is 23.5 Å². The number of ether oxygens (including phenoxy) is 1. The zero-order valence-electron chi connectivity index (χ0n) is 24.0. The Morgan fingerprint density at radius 2 is 1.88 bits per heavy atom. The summed E-state index contributed by atoms with van der Waals surface area (Å²) < 4.78 is 34.6. The number of nitrogens with zero attached hydrogens (tertiary/aromatic N) is 3. The lowest BCUT2D eigenvalue weighted by molar-refractivity contribution is 0.102. The second-order valence-electron chi connectivity index (χ2n) is 9.44. The van der Waals surface area contributed by atoms with E-state index in [1.54, 1.807) is 23.6 Å². The fourth-order valence-electron chi connectivity index (χ4n) is 4.12. The maximum Gasteiger partial charge on any atom is 0.321 e. The highest BCUT2D eigenvalue weighted by Gasteiger charge is 2.20. The summed E-state index contributed by atoms with van der Waals surface area (Å²) in [5.74, 6) is -1.75. The molecule has 0 aliphatic heterocycles. The van der Waals surface area contributed by atoms with Crippen molar-refractivity contribution in [3.63, 3.8) is 0 Å². The molecule has 14 heteroatoms. The van der Waals surface area contributed by atoms with E-state index in [2.05, 4.69) is 44.7 Å². The summed E-state index contributed by atoms with van der Waals surface area (Å²) in [6.07, 6.45) is 2.22. The first-order valence-corrected chi connectivity index (χ1v) is 15.4. The van der Waals surface area contributed by atoms with Crippen molar-refractivity contribution in [3.8, 4) is 26.9 Å². The lowest BCUT2D eigenvalue weighted by Crippen LogP contribution is -2.37. The second-order valence-corrected chi connectivity index (χ2v) is 11.3. The summed E-state index contributed by atoms with van der Waals surface area (Å²) >= 11 is 2.32. The van der Waals surface area contributed by atoms with Crippen molar-refractivity contribution in [2.24, 2.45) is 0 Å². The SMILES string of the molecule is CCCCN(CC)CCNC(=O)Nc1nc(N)c(-c2nc(-c3cc(NC(=O)c4cccc(OC)c4)c(F)cc3F)cs2)s1. The minimum atomic E-state index is -0.933. The van der Waals surface area contributed by atoms with Gasteiger partial charge in [-0.1, -0.05) is 37.7 Å². The van der Waals surface area contributed by atoms with E-state index in [9.17, 15) is 18.4 Å². The first-order chi connectivity index (χ1) is 20.7. The smallest absolute Gasteiger partial charge is 0.321 e. The van der Waals surface area contributed by atoms with Gasteiger partial charge in [-0.15, -0.1) is 11.3 Å². The van der Waals surface area contributed by atoms with E-state index in [-0.39, 0.29) is 33.5 Å². The predicted octanol–water partition coefficient (Wildman–Crippen LogP) is 6.30. The molecule has 4 aromatic rings. The molecule has 0 bridgehead atoms. The third kappa shape index (κ3) is 8.24. The molecule has 2 aromatic heterocycles. The van der Waals surface area contributed by atoms with Crippen LogP contribution in [0.25, 0.3) is 21.1 Å². The number of thiazole rings is 2. The van der Waals surface area contributed by atoms with E-state index in [0.717, 1.165) is 43.8 Å². The molecule has 0 aliphatic carbocycles. The van der Waals surface area contributed by atoms with Crippen molar-refractivity contribution in [2.75, 3.05) is 49.7 Å². The third-order valence-corrected chi connectivity index (χ3v) is 8.46. The van der Waals surface area contributed by atoms with Crippen LogP contribution in [0.15, 0.2) is 41.8 Å². The molecule has 0 fully saturated rings. The number of rotatable bonds is 13. The van der Waals surface area contributed by atoms with E-state index in [4.69, 9.17) is 10.5 Å². The highest BCUT2D eigenvalue weighted by molar-refractivity contribution is 7.23. The Bertz CT molecular complexity index is 1580. The van der Waals surface area contributed by atoms with Gasteiger partial charge in [0.25, 0.3) is 5.91 Å². The molecular formula is C29H33F2N7O3S2. The minimum Gasteiger partial charge on any atom is -0.497 e. The fourth-order valence-corrected chi connectivity index (χ4v) is 5.92. The van der Waals surface area contributed by atoms with Crippen molar-refractivity contribution in [1.82, 2.24) is 20.2 Å². The largest absolute Gasteiger partial charge is 0.497 e. The van der Waals surface area contributed by atoms with Crippen molar-refractivity contribution in [1.29, 1.82) is 0 Å². The van der Waals surface area contributed by atoms with Crippen LogP contribution in [0.2, 0.25) is 0 Å². The zero-order valence-corrected chi connectivity index (χ0v) is 25.6. The number of nitrogens with one attached hydrogen (secondary N) is 3. The van der Waals surface area contributed by atoms with Crippen LogP contribution >= 0.6 is 22.7 Å². The van der Waals surface area contributed by atoms with E-state index in [1.165, 1.54) is 30.6 Å². The number of halogens is 2. The Labute approximate surface area is 256 Å². The van der Waals surface area contributed by atoms with Crippen molar-refractivity contribution < 1.29 is 23.1 Å². The van der Waals surface area contributed by atoms with Crippen LogP contribution in [0, 0.1) is 11.6 Å². The molecule has 5 N–H and O–H groups in total. The van der Waals surface area contributed by atoms with Crippen molar-refractivity contribution in [2.45, 2.75) is 26.7 Å². The number of anilines is 3. The number of hydrogen-bond donors (Lipinski definition) is 4. The molecule has 10 nitrogen and oxygen atoms in total. The van der Waals surface area contributed by atoms with Gasteiger partial charge >= 0.3 is 6.03 Å². The number of likely N-dealkylation sites (N-methyl/N-ethyl adjacent to an activating group) is 1. The molecule has 0 atom stereocenters. The Morgan fingerprint density at radius 1 is 1.07 bits per heavy atom. The highest BCUT2D eigenvalue weighted by Crippen LogP contribution is 2.39. The quantitative estimate of drug-likeness (QED) is 0.136. The van der Waals surface area contributed by atoms with Crippen molar-refractivity contribution in [3.05, 3.63) is 59.0 Å². The van der Waals surface area contributed by atoms with E-state index in [0.29, 0.717) is 28.2 Å². The van der Waals surface area contributed by atoms with Crippen LogP contribution in [0.3, 0.4) is 0 Å². The van der Waals surface area contributed by atoms with Crippen LogP contribution in [-0.2, 0) is 0 Å². The summed E-state index contributed by atoms with van der Waals surface area (Å²) in [7, 11) is 1.47. The molecule has 0 unspecified atom stereocenters. The minimum absolute atomic E-state index is 0.00860. The number of nitrogens with two attached hydrogens (primary N) is 1. The van der Waals surface area contributed by atoms with Gasteiger partial charge < -0.3 is 26.0 Å². The lowest BCUT2D eigenvalue weighted by atomic mass is 10.1. The molecular weight excluding hydrogens is 596 g/mol. The maximum absolute atomic E-state index is 14.9. The molecule has 0 radical (unpaired) electrons. The summed E-state index contributed by atoms with van der Waals surface area (Å²) in [4.78, 5) is 36.6. The van der Waals surface area contributed by atoms with Gasteiger partial charge in [-0.3, -0.25) is 10.1 Å². The summed E-state index contributed by atoms with van der Waals surface area (Å²) in [5, 5.41) is 10.3. The number of hydrogen-bond acceptors (Lipinski definition) is 9. The number of urea groups is 1. The number of aromatic nitrogens is 2. The number of carbonyl (C=O) groups is 2. The van der Waals surface area contributed by atoms with Crippen LogP contribution in [0.1, 0.15) is 37.0 Å². The molecule has 3 amide bonds. The fraction of sp³-hybridized carbons (Fsp3) is 0.310. The first-order valence-electron chi connectivity index (χ1n) is 13.7. The average Bonchev–Trinajstić information content (AvgIpc) is 3.62. The Kier molecular flexibility index (Phi) is 11.0. The number of amides is 3. The predicted molar refractivity (Wildman–Crippen MR) is 168 cm³/mol. The molecule has 0 saturated carbocycles. The number of carbonyl (C=O) groups excluding carboxylic acids is 2. The molecule has 43 heavy (non-hydrogen) atoms. The van der Waals surface area contributed by atoms with Gasteiger partial charge in [0.2, 0.25) is 0 Å². The molecule has 0 saturated heterocycles. The van der Waals surface area contributed by atoms with Gasteiger partial charge in [0, 0.05) is 35.7 Å². The number of benzene rings is 2. The molecule has 0 aliphatic rings. The molecule has 0 spiro atoms. The molecule has 4 rings (SSSR count). The number of methoxy groups -OCH3 is 1. The maximum atomic E-state index is 14.9. The topological polar surface area (TPSA) is 134 Å². The first kappa shape index (κ1) is 31.8. The van der Waals surface area contributed by atoms with Gasteiger partial charge in [0.05, 0.1) is 18.5 Å². The zero-order chi connectivity index (χ0) is 30.9. The Balaban J connectivity index is 1.44. The van der Waals surface area contributed by atoms with E-state index >= 15 is 0 Å². The van der Waals surface area contributed by atoms with Crippen molar-refractivity contribution >= 4 is 51.2 Å². The summed E-state index contributed by atoms with van der Waals surface area (Å²) in [6, 6.07) is 7.85. The van der Waals surface area contributed by atoms with E-state index in [1.807, 2.05) is 0 Å². The van der Waals surface area contributed by atoms with Gasteiger partial charge in [-0.2, -0.15) is 0 Å². The van der Waals surface area contributed by atoms with Crippen LogP contribution in [0.5, 0.6) is 5.75 Å². The standard InChI is InChI=1S/C29H33F2N7O3S2/c1-4-6-11-38(5-2)12-10-33-28(40)37-29-36-25(32)24(43-29)27-35-23(16-42-27)19-14-22(21(31)15-20(19)30)34-26(39)17-8-7-9-18(13-17)41-3/h7-9,13-16H,4-6,10-12,32H2,1-3H3,(H,34,39)(H2,33,36,37,40). The molecule has 2 heterocycles. The monoisotopic (exact) mass is 629 g/mol. The lowest BCUT2D eigenvalue weighted by Gasteiger charge is -2.20. The average molecular weight is 630 g/mol. The normalized spacial score (nSPS) is 11.0. The van der Waals surface area contributed by atoms with E-state index < -0.39 is 23.6 Å².